The van der Waals surface area contributed by atoms with E-state index in [9.17, 15) is 9.59 Å². The van der Waals surface area contributed by atoms with Gasteiger partial charge in [0, 0.05) is 13.2 Å². The third-order valence-corrected chi connectivity index (χ3v) is 4.55. The van der Waals surface area contributed by atoms with Crippen molar-refractivity contribution in [1.29, 1.82) is 0 Å². The zero-order valence-corrected chi connectivity index (χ0v) is 16.6. The number of pyridine rings is 1. The summed E-state index contributed by atoms with van der Waals surface area (Å²) in [6.45, 7) is 1.10. The normalized spacial score (nSPS) is 10.4. The molecule has 6 heteroatoms. The monoisotopic (exact) mass is 392 g/mol. The van der Waals surface area contributed by atoms with Crippen molar-refractivity contribution >= 4 is 5.91 Å². The highest BCUT2D eigenvalue weighted by Gasteiger charge is 2.16. The van der Waals surface area contributed by atoms with Crippen LogP contribution in [0.15, 0.2) is 77.7 Å². The van der Waals surface area contributed by atoms with E-state index in [1.165, 1.54) is 4.90 Å². The number of likely N-dealkylation sites (N-methyl/N-ethyl adjacent to an activating group) is 1. The highest BCUT2D eigenvalue weighted by Crippen LogP contribution is 2.16. The highest BCUT2D eigenvalue weighted by atomic mass is 16.5. The van der Waals surface area contributed by atoms with Crippen molar-refractivity contribution in [2.75, 3.05) is 27.3 Å². The highest BCUT2D eigenvalue weighted by molar-refractivity contribution is 5.93. The van der Waals surface area contributed by atoms with Gasteiger partial charge >= 0.3 is 0 Å². The molecule has 29 heavy (non-hydrogen) atoms. The van der Waals surface area contributed by atoms with Crippen LogP contribution in [0.2, 0.25) is 0 Å². The fourth-order valence-corrected chi connectivity index (χ4v) is 2.88. The van der Waals surface area contributed by atoms with Gasteiger partial charge in [-0.05, 0) is 42.0 Å². The average Bonchev–Trinajstić information content (AvgIpc) is 2.76. The molecule has 0 fully saturated rings. The van der Waals surface area contributed by atoms with Gasteiger partial charge in [0.2, 0.25) is 0 Å². The molecular weight excluding hydrogens is 368 g/mol. The molecule has 1 amide bonds. The Morgan fingerprint density at radius 1 is 0.966 bits per heavy atom. The standard InChI is InChI=1S/C23H24N2O4/c1-24(15-16-29-20-12-10-19(28-2)11-13-20)22(26)21-9-6-14-25(23(21)27)17-18-7-4-3-5-8-18/h3-14H,15-17H2,1-2H3. The number of rotatable bonds is 8. The number of nitrogens with zero attached hydrogens (tertiary/aromatic N) is 2. The molecular formula is C23H24N2O4. The zero-order valence-electron chi connectivity index (χ0n) is 16.6. The molecule has 1 heterocycles. The molecule has 0 atom stereocenters. The molecule has 0 aliphatic heterocycles. The fourth-order valence-electron chi connectivity index (χ4n) is 2.88. The van der Waals surface area contributed by atoms with Gasteiger partial charge in [-0.1, -0.05) is 30.3 Å². The van der Waals surface area contributed by atoms with E-state index in [1.807, 2.05) is 42.5 Å². The molecule has 3 aromatic rings. The molecule has 0 unspecified atom stereocenters. The Kier molecular flexibility index (Phi) is 6.68. The lowest BCUT2D eigenvalue weighted by Gasteiger charge is -2.18. The van der Waals surface area contributed by atoms with Crippen LogP contribution in [0.4, 0.5) is 0 Å². The summed E-state index contributed by atoms with van der Waals surface area (Å²) >= 11 is 0. The molecule has 0 spiro atoms. The lowest BCUT2D eigenvalue weighted by Crippen LogP contribution is -2.36. The molecule has 0 N–H and O–H groups in total. The maximum Gasteiger partial charge on any atom is 0.263 e. The minimum Gasteiger partial charge on any atom is -0.497 e. The van der Waals surface area contributed by atoms with Gasteiger partial charge in [-0.2, -0.15) is 0 Å². The van der Waals surface area contributed by atoms with Gasteiger partial charge in [0.1, 0.15) is 23.7 Å². The van der Waals surface area contributed by atoms with Gasteiger partial charge in [0.05, 0.1) is 20.2 Å². The third-order valence-electron chi connectivity index (χ3n) is 4.55. The van der Waals surface area contributed by atoms with E-state index in [-0.39, 0.29) is 17.0 Å². The second-order valence-corrected chi connectivity index (χ2v) is 6.59. The smallest absolute Gasteiger partial charge is 0.263 e. The Labute approximate surface area is 169 Å². The van der Waals surface area contributed by atoms with Crippen molar-refractivity contribution in [1.82, 2.24) is 9.47 Å². The van der Waals surface area contributed by atoms with E-state index in [2.05, 4.69) is 0 Å². The lowest BCUT2D eigenvalue weighted by atomic mass is 10.2. The number of aromatic nitrogens is 1. The summed E-state index contributed by atoms with van der Waals surface area (Å²) < 4.78 is 12.3. The van der Waals surface area contributed by atoms with Crippen LogP contribution in [-0.2, 0) is 6.54 Å². The summed E-state index contributed by atoms with van der Waals surface area (Å²) in [4.78, 5) is 27.0. The first-order valence-electron chi connectivity index (χ1n) is 9.34. The number of ether oxygens (including phenoxy) is 2. The van der Waals surface area contributed by atoms with Crippen molar-refractivity contribution in [2.45, 2.75) is 6.54 Å². The van der Waals surface area contributed by atoms with Crippen molar-refractivity contribution in [3.63, 3.8) is 0 Å². The summed E-state index contributed by atoms with van der Waals surface area (Å²) in [5.74, 6) is 1.12. The molecule has 6 nitrogen and oxygen atoms in total. The van der Waals surface area contributed by atoms with Crippen LogP contribution in [0.25, 0.3) is 0 Å². The van der Waals surface area contributed by atoms with E-state index in [0.29, 0.717) is 25.4 Å². The van der Waals surface area contributed by atoms with Crippen LogP contribution >= 0.6 is 0 Å². The molecule has 0 aliphatic rings. The number of hydrogen-bond donors (Lipinski definition) is 0. The Hall–Kier alpha value is -3.54. The summed E-state index contributed by atoms with van der Waals surface area (Å²) in [6.07, 6.45) is 1.69. The van der Waals surface area contributed by atoms with Crippen LogP contribution in [-0.4, -0.2) is 42.7 Å². The van der Waals surface area contributed by atoms with Crippen molar-refractivity contribution < 1.29 is 14.3 Å². The molecule has 0 saturated heterocycles. The zero-order chi connectivity index (χ0) is 20.6. The van der Waals surface area contributed by atoms with Gasteiger partial charge in [-0.25, -0.2) is 0 Å². The fraction of sp³-hybridized carbons (Fsp3) is 0.217. The first kappa shape index (κ1) is 20.2. The number of methoxy groups -OCH3 is 1. The van der Waals surface area contributed by atoms with Crippen LogP contribution in [0.3, 0.4) is 0 Å². The summed E-state index contributed by atoms with van der Waals surface area (Å²) in [5.41, 5.74) is 0.847. The largest absolute Gasteiger partial charge is 0.497 e. The Balaban J connectivity index is 1.61. The first-order chi connectivity index (χ1) is 14.1. The molecule has 150 valence electrons. The predicted molar refractivity (Wildman–Crippen MR) is 112 cm³/mol. The van der Waals surface area contributed by atoms with Crippen LogP contribution in [0, 0.1) is 0 Å². The minimum absolute atomic E-state index is 0.148. The summed E-state index contributed by atoms with van der Waals surface area (Å²) in [5, 5.41) is 0. The van der Waals surface area contributed by atoms with Gasteiger partial charge in [0.25, 0.3) is 11.5 Å². The molecule has 1 aromatic heterocycles. The molecule has 0 aliphatic carbocycles. The van der Waals surface area contributed by atoms with E-state index in [1.54, 1.807) is 49.2 Å². The van der Waals surface area contributed by atoms with Crippen LogP contribution < -0.4 is 15.0 Å². The van der Waals surface area contributed by atoms with E-state index in [0.717, 1.165) is 11.3 Å². The number of benzene rings is 2. The predicted octanol–water partition coefficient (Wildman–Crippen LogP) is 3.06. The number of carbonyl (C=O) groups is 1. The second-order valence-electron chi connectivity index (χ2n) is 6.59. The average molecular weight is 392 g/mol. The molecule has 2 aromatic carbocycles. The van der Waals surface area contributed by atoms with Crippen molar-refractivity contribution in [3.8, 4) is 11.5 Å². The van der Waals surface area contributed by atoms with Gasteiger partial charge in [0.15, 0.2) is 0 Å². The van der Waals surface area contributed by atoms with E-state index in [4.69, 9.17) is 9.47 Å². The second kappa shape index (κ2) is 9.59. The summed E-state index contributed by atoms with van der Waals surface area (Å²) in [7, 11) is 3.27. The SMILES string of the molecule is COc1ccc(OCCN(C)C(=O)c2cccn(Cc3ccccc3)c2=O)cc1. The molecule has 0 radical (unpaired) electrons. The Morgan fingerprint density at radius 2 is 1.66 bits per heavy atom. The maximum atomic E-state index is 12.7. The van der Waals surface area contributed by atoms with Gasteiger partial charge in [-0.3, -0.25) is 9.59 Å². The third kappa shape index (κ3) is 5.25. The number of amides is 1. The van der Waals surface area contributed by atoms with Crippen molar-refractivity contribution in [2.24, 2.45) is 0 Å². The Bertz CT molecular complexity index is 997. The molecule has 0 bridgehead atoms. The minimum atomic E-state index is -0.323. The van der Waals surface area contributed by atoms with Crippen LogP contribution in [0.1, 0.15) is 15.9 Å². The summed E-state index contributed by atoms with van der Waals surface area (Å²) in [6, 6.07) is 20.2. The van der Waals surface area contributed by atoms with Gasteiger partial charge < -0.3 is 18.9 Å². The van der Waals surface area contributed by atoms with E-state index < -0.39 is 0 Å². The maximum absolute atomic E-state index is 12.7. The topological polar surface area (TPSA) is 60.8 Å². The molecule has 3 rings (SSSR count). The van der Waals surface area contributed by atoms with E-state index >= 15 is 0 Å². The van der Waals surface area contributed by atoms with Crippen LogP contribution in [0.5, 0.6) is 11.5 Å². The lowest BCUT2D eigenvalue weighted by molar-refractivity contribution is 0.0771. The van der Waals surface area contributed by atoms with Crippen molar-refractivity contribution in [3.05, 3.63) is 94.4 Å². The number of hydrogen-bond acceptors (Lipinski definition) is 4. The quantitative estimate of drug-likeness (QED) is 0.591. The first-order valence-corrected chi connectivity index (χ1v) is 9.34. The van der Waals surface area contributed by atoms with Gasteiger partial charge in [-0.15, -0.1) is 0 Å². The Morgan fingerprint density at radius 3 is 2.34 bits per heavy atom. The molecule has 0 saturated carbocycles. The number of carbonyl (C=O) groups excluding carboxylic acids is 1.